The summed E-state index contributed by atoms with van der Waals surface area (Å²) in [6.07, 6.45) is 0. The van der Waals surface area contributed by atoms with Crippen molar-refractivity contribution in [3.63, 3.8) is 0 Å². The molecule has 0 atom stereocenters. The van der Waals surface area contributed by atoms with E-state index in [1.165, 1.54) is 0 Å². The predicted octanol–water partition coefficient (Wildman–Crippen LogP) is 4.55. The number of rotatable bonds is 3. The zero-order valence-corrected chi connectivity index (χ0v) is 11.7. The van der Waals surface area contributed by atoms with Crippen molar-refractivity contribution in [2.45, 2.75) is 20.8 Å². The van der Waals surface area contributed by atoms with Crippen LogP contribution in [0.3, 0.4) is 0 Å². The average Bonchev–Trinajstić information content (AvgIpc) is 2.40. The molecule has 2 rings (SSSR count). The summed E-state index contributed by atoms with van der Waals surface area (Å²) in [5.41, 5.74) is 6.33. The van der Waals surface area contributed by atoms with Gasteiger partial charge in [-0.05, 0) is 17.7 Å². The van der Waals surface area contributed by atoms with E-state index in [9.17, 15) is 0 Å². The number of hydrazone groups is 1. The van der Waals surface area contributed by atoms with Crippen LogP contribution in [-0.2, 0) is 0 Å². The Morgan fingerprint density at radius 3 is 1.89 bits per heavy atom. The molecule has 0 aliphatic heterocycles. The molecule has 1 N–H and O–H groups in total. The Labute approximate surface area is 115 Å². The highest BCUT2D eigenvalue weighted by Gasteiger charge is 2.20. The molecule has 0 aliphatic rings. The second kappa shape index (κ2) is 5.70. The van der Waals surface area contributed by atoms with E-state index < -0.39 is 0 Å². The topological polar surface area (TPSA) is 24.4 Å². The number of benzene rings is 2. The first-order valence-electron chi connectivity index (χ1n) is 6.52. The Balaban J connectivity index is 2.29. The number of para-hydroxylation sites is 1. The number of anilines is 1. The van der Waals surface area contributed by atoms with Crippen molar-refractivity contribution >= 4 is 11.4 Å². The van der Waals surface area contributed by atoms with Gasteiger partial charge in [0.15, 0.2) is 0 Å². The molecule has 0 saturated heterocycles. The molecule has 2 aromatic rings. The standard InChI is InChI=1S/C17H20N2/c1-17(2,3)16(14-10-6-4-7-11-14)19-18-15-12-8-5-9-13-15/h4-13,18H,1-3H3/b19-16-. The van der Waals surface area contributed by atoms with Crippen molar-refractivity contribution in [1.82, 2.24) is 0 Å². The molecular weight excluding hydrogens is 232 g/mol. The molecule has 0 saturated carbocycles. The van der Waals surface area contributed by atoms with Crippen molar-refractivity contribution in [1.29, 1.82) is 0 Å². The number of hydrogen-bond donors (Lipinski definition) is 1. The minimum Gasteiger partial charge on any atom is -0.278 e. The molecule has 98 valence electrons. The monoisotopic (exact) mass is 252 g/mol. The highest BCUT2D eigenvalue weighted by Crippen LogP contribution is 2.22. The van der Waals surface area contributed by atoms with Crippen LogP contribution in [0.4, 0.5) is 5.69 Å². The third kappa shape index (κ3) is 3.68. The van der Waals surface area contributed by atoms with E-state index in [1.54, 1.807) is 0 Å². The van der Waals surface area contributed by atoms with E-state index in [-0.39, 0.29) is 5.41 Å². The average molecular weight is 252 g/mol. The van der Waals surface area contributed by atoms with Crippen LogP contribution in [0, 0.1) is 5.41 Å². The van der Waals surface area contributed by atoms with Gasteiger partial charge in [-0.3, -0.25) is 5.43 Å². The zero-order chi connectivity index (χ0) is 13.7. The Morgan fingerprint density at radius 2 is 1.37 bits per heavy atom. The van der Waals surface area contributed by atoms with Crippen molar-refractivity contribution < 1.29 is 0 Å². The lowest BCUT2D eigenvalue weighted by Crippen LogP contribution is -2.22. The molecule has 0 amide bonds. The van der Waals surface area contributed by atoms with Gasteiger partial charge in [0.05, 0.1) is 11.4 Å². The second-order valence-electron chi connectivity index (χ2n) is 5.55. The van der Waals surface area contributed by atoms with E-state index >= 15 is 0 Å². The van der Waals surface area contributed by atoms with Crippen molar-refractivity contribution in [2.75, 3.05) is 5.43 Å². The zero-order valence-electron chi connectivity index (χ0n) is 11.7. The maximum Gasteiger partial charge on any atom is 0.0732 e. The van der Waals surface area contributed by atoms with Crippen molar-refractivity contribution in [3.8, 4) is 0 Å². The van der Waals surface area contributed by atoms with Crippen molar-refractivity contribution in [3.05, 3.63) is 66.2 Å². The first-order valence-corrected chi connectivity index (χ1v) is 6.52. The van der Waals surface area contributed by atoms with Gasteiger partial charge < -0.3 is 0 Å². The summed E-state index contributed by atoms with van der Waals surface area (Å²) in [5.74, 6) is 0. The van der Waals surface area contributed by atoms with Gasteiger partial charge in [-0.15, -0.1) is 0 Å². The van der Waals surface area contributed by atoms with Crippen LogP contribution in [0.5, 0.6) is 0 Å². The molecule has 2 heteroatoms. The number of hydrogen-bond acceptors (Lipinski definition) is 2. The molecule has 0 fully saturated rings. The predicted molar refractivity (Wildman–Crippen MR) is 82.5 cm³/mol. The summed E-state index contributed by atoms with van der Waals surface area (Å²) < 4.78 is 0. The lowest BCUT2D eigenvalue weighted by Gasteiger charge is -2.21. The molecule has 2 aromatic carbocycles. The Hall–Kier alpha value is -2.09. The number of nitrogens with zero attached hydrogens (tertiary/aromatic N) is 1. The van der Waals surface area contributed by atoms with Gasteiger partial charge in [-0.1, -0.05) is 69.3 Å². The van der Waals surface area contributed by atoms with Gasteiger partial charge in [0.25, 0.3) is 0 Å². The normalized spacial score (nSPS) is 12.3. The van der Waals surface area contributed by atoms with E-state index in [2.05, 4.69) is 43.4 Å². The summed E-state index contributed by atoms with van der Waals surface area (Å²) >= 11 is 0. The second-order valence-corrected chi connectivity index (χ2v) is 5.55. The van der Waals surface area contributed by atoms with Crippen LogP contribution in [0.25, 0.3) is 0 Å². The first kappa shape index (κ1) is 13.3. The van der Waals surface area contributed by atoms with Crippen LogP contribution in [0.15, 0.2) is 65.8 Å². The highest BCUT2D eigenvalue weighted by molar-refractivity contribution is 6.04. The molecule has 19 heavy (non-hydrogen) atoms. The van der Waals surface area contributed by atoms with E-state index in [0.29, 0.717) is 0 Å². The smallest absolute Gasteiger partial charge is 0.0732 e. The summed E-state index contributed by atoms with van der Waals surface area (Å²) in [6.45, 7) is 6.52. The lowest BCUT2D eigenvalue weighted by atomic mass is 9.86. The largest absolute Gasteiger partial charge is 0.278 e. The van der Waals surface area contributed by atoms with Crippen LogP contribution in [0.2, 0.25) is 0 Å². The van der Waals surface area contributed by atoms with E-state index in [4.69, 9.17) is 0 Å². The van der Waals surface area contributed by atoms with Gasteiger partial charge in [0.2, 0.25) is 0 Å². The summed E-state index contributed by atoms with van der Waals surface area (Å²) in [7, 11) is 0. The Morgan fingerprint density at radius 1 is 0.842 bits per heavy atom. The molecular formula is C17H20N2. The molecule has 0 unspecified atom stereocenters. The minimum absolute atomic E-state index is 0.0108. The minimum atomic E-state index is -0.0108. The SMILES string of the molecule is CC(C)(C)/C(=N\Nc1ccccc1)c1ccccc1. The van der Waals surface area contributed by atoms with Gasteiger partial charge in [0.1, 0.15) is 0 Å². The molecule has 0 radical (unpaired) electrons. The molecule has 2 nitrogen and oxygen atoms in total. The maximum atomic E-state index is 4.60. The first-order chi connectivity index (χ1) is 9.07. The number of nitrogens with one attached hydrogen (secondary N) is 1. The quantitative estimate of drug-likeness (QED) is 0.629. The summed E-state index contributed by atoms with van der Waals surface area (Å²) in [4.78, 5) is 0. The van der Waals surface area contributed by atoms with Crippen molar-refractivity contribution in [2.24, 2.45) is 10.5 Å². The fraction of sp³-hybridized carbons (Fsp3) is 0.235. The highest BCUT2D eigenvalue weighted by atomic mass is 15.3. The van der Waals surface area contributed by atoms with Crippen LogP contribution in [0.1, 0.15) is 26.3 Å². The maximum absolute atomic E-state index is 4.60. The van der Waals surface area contributed by atoms with E-state index in [0.717, 1.165) is 17.0 Å². The van der Waals surface area contributed by atoms with Gasteiger partial charge >= 0.3 is 0 Å². The Kier molecular flexibility index (Phi) is 4.00. The summed E-state index contributed by atoms with van der Waals surface area (Å²) in [5, 5.41) is 4.60. The third-order valence-electron chi connectivity index (χ3n) is 2.83. The van der Waals surface area contributed by atoms with Crippen LogP contribution >= 0.6 is 0 Å². The van der Waals surface area contributed by atoms with Gasteiger partial charge in [0, 0.05) is 5.41 Å². The van der Waals surface area contributed by atoms with Gasteiger partial charge in [-0.25, -0.2) is 0 Å². The fourth-order valence-electron chi connectivity index (χ4n) is 1.89. The molecule has 0 aromatic heterocycles. The lowest BCUT2D eigenvalue weighted by molar-refractivity contribution is 0.591. The molecule has 0 aliphatic carbocycles. The molecule has 0 spiro atoms. The summed E-state index contributed by atoms with van der Waals surface area (Å²) in [6, 6.07) is 20.3. The molecule has 0 bridgehead atoms. The van der Waals surface area contributed by atoms with E-state index in [1.807, 2.05) is 48.5 Å². The van der Waals surface area contributed by atoms with Crippen LogP contribution in [-0.4, -0.2) is 5.71 Å². The van der Waals surface area contributed by atoms with Crippen LogP contribution < -0.4 is 5.43 Å². The molecule has 0 heterocycles. The van der Waals surface area contributed by atoms with Gasteiger partial charge in [-0.2, -0.15) is 5.10 Å². The fourth-order valence-corrected chi connectivity index (χ4v) is 1.89. The third-order valence-corrected chi connectivity index (χ3v) is 2.83. The Bertz CT molecular complexity index is 536.